The number of nitrogens with zero attached hydrogens (tertiary/aromatic N) is 4. The van der Waals surface area contributed by atoms with Crippen LogP contribution in [0.15, 0.2) is 41.3 Å². The number of hydrogen-bond acceptors (Lipinski definition) is 6. The number of aryl methyl sites for hydroxylation is 1. The van der Waals surface area contributed by atoms with Gasteiger partial charge in [-0.25, -0.2) is 17.8 Å². The van der Waals surface area contributed by atoms with Gasteiger partial charge in [0.15, 0.2) is 11.6 Å². The Bertz CT molecular complexity index is 1240. The van der Waals surface area contributed by atoms with Crippen LogP contribution in [-0.4, -0.2) is 67.6 Å². The van der Waals surface area contributed by atoms with Crippen molar-refractivity contribution in [1.82, 2.24) is 18.8 Å². The minimum Gasteiger partial charge on any atom is -0.494 e. The molecule has 0 N–H and O–H groups in total. The van der Waals surface area contributed by atoms with Gasteiger partial charge in [0.1, 0.15) is 5.82 Å². The predicted molar refractivity (Wildman–Crippen MR) is 123 cm³/mol. The lowest BCUT2D eigenvalue weighted by atomic mass is 10.2. The number of imidazole rings is 1. The Kier molecular flexibility index (Phi) is 6.99. The van der Waals surface area contributed by atoms with Gasteiger partial charge in [-0.1, -0.05) is 6.07 Å². The van der Waals surface area contributed by atoms with E-state index in [1.54, 1.807) is 18.2 Å². The van der Waals surface area contributed by atoms with Gasteiger partial charge in [0.2, 0.25) is 10.0 Å². The zero-order valence-electron chi connectivity index (χ0n) is 19.1. The quantitative estimate of drug-likeness (QED) is 0.498. The van der Waals surface area contributed by atoms with Gasteiger partial charge in [-0.05, 0) is 49.9 Å². The van der Waals surface area contributed by atoms with E-state index in [0.717, 1.165) is 16.9 Å². The number of morpholine rings is 1. The van der Waals surface area contributed by atoms with Crippen molar-refractivity contribution in [3.63, 3.8) is 0 Å². The number of hydrogen-bond donors (Lipinski definition) is 0. The van der Waals surface area contributed by atoms with Crippen molar-refractivity contribution in [2.45, 2.75) is 31.5 Å². The highest BCUT2D eigenvalue weighted by Crippen LogP contribution is 2.25. The molecule has 0 radical (unpaired) electrons. The summed E-state index contributed by atoms with van der Waals surface area (Å²) in [6.07, 6.45) is 0. The highest BCUT2D eigenvalue weighted by atomic mass is 32.2. The van der Waals surface area contributed by atoms with E-state index in [0.29, 0.717) is 51.5 Å². The third-order valence-corrected chi connectivity index (χ3v) is 7.70. The van der Waals surface area contributed by atoms with Gasteiger partial charge in [-0.15, -0.1) is 0 Å². The Morgan fingerprint density at radius 2 is 1.91 bits per heavy atom. The number of sulfonamides is 1. The second-order valence-corrected chi connectivity index (χ2v) is 10.0. The maximum absolute atomic E-state index is 14.0. The second kappa shape index (κ2) is 9.76. The molecule has 8 nitrogen and oxygen atoms in total. The van der Waals surface area contributed by atoms with E-state index in [1.165, 1.54) is 17.5 Å². The van der Waals surface area contributed by atoms with Crippen LogP contribution in [0.4, 0.5) is 4.39 Å². The van der Waals surface area contributed by atoms with E-state index in [2.05, 4.69) is 4.57 Å². The summed E-state index contributed by atoms with van der Waals surface area (Å²) in [5, 5.41) is 0. The fraction of sp³-hybridized carbons (Fsp3) is 0.435. The van der Waals surface area contributed by atoms with Crippen molar-refractivity contribution in [3.05, 3.63) is 53.6 Å². The standard InChI is InChI=1S/C23H29FN4O4S/c1-4-28-21-7-6-18(33(29,30)27-9-11-32-12-10-27)14-20(21)25-23(28)16-26(2)15-17-5-8-22(31-3)19(24)13-17/h5-8,13-14H,4,9-12,15-16H2,1-3H3. The Balaban J connectivity index is 1.57. The van der Waals surface area contributed by atoms with E-state index in [4.69, 9.17) is 14.5 Å². The fourth-order valence-electron chi connectivity index (χ4n) is 4.15. The van der Waals surface area contributed by atoms with Crippen LogP contribution in [0, 0.1) is 5.82 Å². The van der Waals surface area contributed by atoms with E-state index in [1.807, 2.05) is 31.0 Å². The highest BCUT2D eigenvalue weighted by molar-refractivity contribution is 7.89. The van der Waals surface area contributed by atoms with Crippen LogP contribution < -0.4 is 4.74 Å². The van der Waals surface area contributed by atoms with Crippen LogP contribution in [0.1, 0.15) is 18.3 Å². The topological polar surface area (TPSA) is 76.9 Å². The van der Waals surface area contributed by atoms with Crippen LogP contribution in [0.2, 0.25) is 0 Å². The molecule has 0 aliphatic carbocycles. The SMILES string of the molecule is CCn1c(CN(C)Cc2ccc(OC)c(F)c2)nc2cc(S(=O)(=O)N3CCOCC3)ccc21. The van der Waals surface area contributed by atoms with E-state index in [-0.39, 0.29) is 10.6 Å². The number of rotatable bonds is 8. The smallest absolute Gasteiger partial charge is 0.243 e. The Morgan fingerprint density at radius 1 is 1.15 bits per heavy atom. The van der Waals surface area contributed by atoms with E-state index < -0.39 is 15.8 Å². The molecule has 1 aliphatic heterocycles. The average molecular weight is 477 g/mol. The molecule has 178 valence electrons. The predicted octanol–water partition coefficient (Wildman–Crippen LogP) is 2.86. The maximum atomic E-state index is 14.0. The summed E-state index contributed by atoms with van der Waals surface area (Å²) in [5.41, 5.74) is 2.36. The molecule has 2 aromatic carbocycles. The molecule has 1 aromatic heterocycles. The molecule has 0 atom stereocenters. The summed E-state index contributed by atoms with van der Waals surface area (Å²) in [4.78, 5) is 7.03. The molecular weight excluding hydrogens is 447 g/mol. The van der Waals surface area contributed by atoms with Crippen molar-refractivity contribution < 1.29 is 22.3 Å². The highest BCUT2D eigenvalue weighted by Gasteiger charge is 2.27. The molecular formula is C23H29FN4O4S. The number of ether oxygens (including phenoxy) is 2. The van der Waals surface area contributed by atoms with Crippen molar-refractivity contribution in [2.24, 2.45) is 0 Å². The molecule has 0 amide bonds. The Hall–Kier alpha value is -2.53. The zero-order valence-corrected chi connectivity index (χ0v) is 19.9. The average Bonchev–Trinajstić information content (AvgIpc) is 3.15. The first-order chi connectivity index (χ1) is 15.8. The molecule has 0 spiro atoms. The molecule has 1 aliphatic rings. The Labute approximate surface area is 193 Å². The van der Waals surface area contributed by atoms with Crippen molar-refractivity contribution in [3.8, 4) is 5.75 Å². The van der Waals surface area contributed by atoms with Crippen molar-refractivity contribution in [1.29, 1.82) is 0 Å². The normalized spacial score (nSPS) is 15.4. The molecule has 33 heavy (non-hydrogen) atoms. The third kappa shape index (κ3) is 4.89. The molecule has 1 fully saturated rings. The first-order valence-corrected chi connectivity index (χ1v) is 12.4. The van der Waals surface area contributed by atoms with Crippen LogP contribution in [0.3, 0.4) is 0 Å². The van der Waals surface area contributed by atoms with Crippen molar-refractivity contribution >= 4 is 21.1 Å². The van der Waals surface area contributed by atoms with Crippen LogP contribution >= 0.6 is 0 Å². The maximum Gasteiger partial charge on any atom is 0.243 e. The number of benzene rings is 2. The van der Waals surface area contributed by atoms with Gasteiger partial charge in [0, 0.05) is 26.2 Å². The lowest BCUT2D eigenvalue weighted by Gasteiger charge is -2.26. The lowest BCUT2D eigenvalue weighted by molar-refractivity contribution is 0.0730. The van der Waals surface area contributed by atoms with Gasteiger partial charge < -0.3 is 14.0 Å². The molecule has 2 heterocycles. The summed E-state index contributed by atoms with van der Waals surface area (Å²) >= 11 is 0. The number of aromatic nitrogens is 2. The second-order valence-electron chi connectivity index (χ2n) is 8.08. The monoisotopic (exact) mass is 476 g/mol. The van der Waals surface area contributed by atoms with Gasteiger partial charge in [0.05, 0.1) is 42.8 Å². The van der Waals surface area contributed by atoms with Gasteiger partial charge in [-0.3, -0.25) is 4.90 Å². The van der Waals surface area contributed by atoms with Gasteiger partial charge >= 0.3 is 0 Å². The zero-order chi connectivity index (χ0) is 23.6. The molecule has 4 rings (SSSR count). The van der Waals surface area contributed by atoms with Gasteiger partial charge in [-0.2, -0.15) is 4.31 Å². The van der Waals surface area contributed by atoms with Crippen LogP contribution in [-0.2, 0) is 34.4 Å². The van der Waals surface area contributed by atoms with E-state index >= 15 is 0 Å². The first-order valence-electron chi connectivity index (χ1n) is 10.9. The largest absolute Gasteiger partial charge is 0.494 e. The number of halogens is 1. The molecule has 3 aromatic rings. The molecule has 0 saturated carbocycles. The van der Waals surface area contributed by atoms with Crippen molar-refractivity contribution in [2.75, 3.05) is 40.5 Å². The fourth-order valence-corrected chi connectivity index (χ4v) is 5.58. The number of methoxy groups -OCH3 is 1. The summed E-state index contributed by atoms with van der Waals surface area (Å²) < 4.78 is 53.9. The third-order valence-electron chi connectivity index (χ3n) is 5.80. The summed E-state index contributed by atoms with van der Waals surface area (Å²) in [6.45, 7) is 5.30. The summed E-state index contributed by atoms with van der Waals surface area (Å²) in [5.74, 6) is 0.653. The number of fused-ring (bicyclic) bond motifs is 1. The summed E-state index contributed by atoms with van der Waals surface area (Å²) in [6, 6.07) is 10.0. The summed E-state index contributed by atoms with van der Waals surface area (Å²) in [7, 11) is -0.208. The molecule has 0 unspecified atom stereocenters. The van der Waals surface area contributed by atoms with Crippen LogP contribution in [0.5, 0.6) is 5.75 Å². The molecule has 1 saturated heterocycles. The van der Waals surface area contributed by atoms with Crippen LogP contribution in [0.25, 0.3) is 11.0 Å². The lowest BCUT2D eigenvalue weighted by Crippen LogP contribution is -2.40. The first kappa shape index (κ1) is 23.6. The van der Waals surface area contributed by atoms with E-state index in [9.17, 15) is 12.8 Å². The minimum absolute atomic E-state index is 0.219. The minimum atomic E-state index is -3.59. The Morgan fingerprint density at radius 3 is 2.58 bits per heavy atom. The molecule has 0 bridgehead atoms. The molecule has 10 heteroatoms. The van der Waals surface area contributed by atoms with Gasteiger partial charge in [0.25, 0.3) is 0 Å².